The molecule has 0 saturated heterocycles. The van der Waals surface area contributed by atoms with Crippen molar-refractivity contribution in [1.29, 1.82) is 0 Å². The molecule has 0 radical (unpaired) electrons. The van der Waals surface area contributed by atoms with E-state index < -0.39 is 10.8 Å². The first-order valence-corrected chi connectivity index (χ1v) is 9.14. The van der Waals surface area contributed by atoms with E-state index in [2.05, 4.69) is 4.99 Å². The number of fused-ring (bicyclic) bond motifs is 2. The number of carbonyl (C=O) groups excluding carboxylic acids is 1. The summed E-state index contributed by atoms with van der Waals surface area (Å²) in [6.45, 7) is 0.904. The standard InChI is InChI=1S/C18H15N3O6S/c1-25-7-6-20-13-9-12(21(23)24)3-5-16(13)28-18(20)19-17(22)11-2-4-14-15(8-11)27-10-26-14/h2-5,8-9H,6-7,10H2,1H3. The monoisotopic (exact) mass is 401 g/mol. The van der Waals surface area contributed by atoms with Crippen molar-refractivity contribution in [3.05, 3.63) is 56.9 Å². The van der Waals surface area contributed by atoms with Gasteiger partial charge < -0.3 is 18.8 Å². The van der Waals surface area contributed by atoms with Crippen molar-refractivity contribution >= 4 is 33.1 Å². The molecular formula is C18H15N3O6S. The van der Waals surface area contributed by atoms with Crippen molar-refractivity contribution in [3.63, 3.8) is 0 Å². The van der Waals surface area contributed by atoms with Crippen LogP contribution in [0.2, 0.25) is 0 Å². The summed E-state index contributed by atoms with van der Waals surface area (Å²) in [5.41, 5.74) is 0.976. The molecule has 0 spiro atoms. The number of aromatic nitrogens is 1. The number of methoxy groups -OCH3 is 1. The summed E-state index contributed by atoms with van der Waals surface area (Å²) in [4.78, 5) is 28.0. The number of nitrogens with zero attached hydrogens (tertiary/aromatic N) is 3. The number of hydrogen-bond acceptors (Lipinski definition) is 7. The zero-order valence-corrected chi connectivity index (χ0v) is 15.6. The van der Waals surface area contributed by atoms with Gasteiger partial charge in [-0.1, -0.05) is 11.3 Å². The molecule has 0 fully saturated rings. The Bertz CT molecular complexity index is 1150. The van der Waals surface area contributed by atoms with E-state index in [0.717, 1.165) is 4.70 Å². The summed E-state index contributed by atoms with van der Waals surface area (Å²) < 4.78 is 18.2. The first kappa shape index (κ1) is 18.1. The molecule has 1 aromatic heterocycles. The molecule has 144 valence electrons. The van der Waals surface area contributed by atoms with Crippen LogP contribution in [-0.4, -0.2) is 35.9 Å². The fraction of sp³-hybridized carbons (Fsp3) is 0.222. The van der Waals surface area contributed by atoms with Gasteiger partial charge in [0.25, 0.3) is 11.6 Å². The van der Waals surface area contributed by atoms with Gasteiger partial charge in [-0.25, -0.2) is 0 Å². The topological polar surface area (TPSA) is 105 Å². The Kier molecular flexibility index (Phi) is 4.80. The van der Waals surface area contributed by atoms with Crippen LogP contribution >= 0.6 is 11.3 Å². The smallest absolute Gasteiger partial charge is 0.279 e. The molecule has 3 aromatic rings. The summed E-state index contributed by atoms with van der Waals surface area (Å²) in [7, 11) is 1.56. The Morgan fingerprint density at radius 1 is 1.29 bits per heavy atom. The van der Waals surface area contributed by atoms with Crippen LogP contribution in [0.1, 0.15) is 10.4 Å². The number of nitro benzene ring substituents is 1. The molecule has 1 amide bonds. The Labute approximate surface area is 162 Å². The zero-order chi connectivity index (χ0) is 19.7. The number of non-ortho nitro benzene ring substituents is 1. The number of thiazole rings is 1. The molecule has 1 aliphatic heterocycles. The first-order valence-electron chi connectivity index (χ1n) is 8.32. The second kappa shape index (κ2) is 7.41. The van der Waals surface area contributed by atoms with Crippen LogP contribution in [0.5, 0.6) is 11.5 Å². The van der Waals surface area contributed by atoms with Crippen molar-refractivity contribution in [2.75, 3.05) is 20.5 Å². The second-order valence-electron chi connectivity index (χ2n) is 5.92. The lowest BCUT2D eigenvalue weighted by Crippen LogP contribution is -2.19. The molecular weight excluding hydrogens is 386 g/mol. The highest BCUT2D eigenvalue weighted by atomic mass is 32.1. The summed E-state index contributed by atoms with van der Waals surface area (Å²) in [5.74, 6) is 0.645. The maximum Gasteiger partial charge on any atom is 0.279 e. The molecule has 4 rings (SSSR count). The van der Waals surface area contributed by atoms with Gasteiger partial charge in [0.1, 0.15) is 0 Å². The van der Waals surface area contributed by atoms with Gasteiger partial charge in [0.05, 0.1) is 21.7 Å². The molecule has 0 saturated carbocycles. The SMILES string of the molecule is COCCn1c(=NC(=O)c2ccc3c(c2)OCO3)sc2ccc([N+](=O)[O-])cc21. The van der Waals surface area contributed by atoms with Gasteiger partial charge in [-0.15, -0.1) is 0 Å². The van der Waals surface area contributed by atoms with E-state index in [9.17, 15) is 14.9 Å². The summed E-state index contributed by atoms with van der Waals surface area (Å²) >= 11 is 1.28. The van der Waals surface area contributed by atoms with Gasteiger partial charge in [0.2, 0.25) is 6.79 Å². The number of nitro groups is 1. The van der Waals surface area contributed by atoms with Gasteiger partial charge in [-0.3, -0.25) is 14.9 Å². The third-order valence-corrected chi connectivity index (χ3v) is 5.27. The maximum atomic E-state index is 12.7. The van der Waals surface area contributed by atoms with Crippen molar-refractivity contribution in [1.82, 2.24) is 4.57 Å². The summed E-state index contributed by atoms with van der Waals surface area (Å²) in [5, 5.41) is 11.1. The van der Waals surface area contributed by atoms with Crippen molar-refractivity contribution in [3.8, 4) is 11.5 Å². The fourth-order valence-corrected chi connectivity index (χ4v) is 3.87. The van der Waals surface area contributed by atoms with Crippen LogP contribution in [0.4, 0.5) is 5.69 Å². The lowest BCUT2D eigenvalue weighted by atomic mass is 10.2. The van der Waals surface area contributed by atoms with Crippen LogP contribution < -0.4 is 14.3 Å². The number of rotatable bonds is 5. The molecule has 1 aliphatic rings. The second-order valence-corrected chi connectivity index (χ2v) is 6.93. The lowest BCUT2D eigenvalue weighted by Gasteiger charge is -2.04. The average molecular weight is 401 g/mol. The van der Waals surface area contributed by atoms with Crippen molar-refractivity contribution in [2.45, 2.75) is 6.54 Å². The predicted octanol–water partition coefficient (Wildman–Crippen LogP) is 2.73. The maximum absolute atomic E-state index is 12.7. The van der Waals surface area contributed by atoms with Crippen molar-refractivity contribution in [2.24, 2.45) is 4.99 Å². The minimum Gasteiger partial charge on any atom is -0.454 e. The Morgan fingerprint density at radius 2 is 2.11 bits per heavy atom. The van der Waals surface area contributed by atoms with E-state index in [1.165, 1.54) is 23.5 Å². The number of hydrogen-bond donors (Lipinski definition) is 0. The van der Waals surface area contributed by atoms with Gasteiger partial charge in [0, 0.05) is 31.4 Å². The van der Waals surface area contributed by atoms with Crippen LogP contribution in [0.15, 0.2) is 41.4 Å². The molecule has 0 bridgehead atoms. The molecule has 9 nitrogen and oxygen atoms in total. The molecule has 0 unspecified atom stereocenters. The number of amides is 1. The molecule has 2 heterocycles. The highest BCUT2D eigenvalue weighted by Crippen LogP contribution is 2.32. The Hall–Kier alpha value is -3.24. The number of ether oxygens (including phenoxy) is 3. The Morgan fingerprint density at radius 3 is 2.89 bits per heavy atom. The van der Waals surface area contributed by atoms with E-state index in [-0.39, 0.29) is 12.5 Å². The van der Waals surface area contributed by atoms with E-state index in [1.807, 2.05) is 0 Å². The van der Waals surface area contributed by atoms with Gasteiger partial charge in [-0.2, -0.15) is 4.99 Å². The zero-order valence-electron chi connectivity index (χ0n) is 14.8. The van der Waals surface area contributed by atoms with E-state index in [0.29, 0.717) is 40.5 Å². The minimum atomic E-state index is -0.452. The summed E-state index contributed by atoms with van der Waals surface area (Å²) in [6.07, 6.45) is 0. The van der Waals surface area contributed by atoms with Gasteiger partial charge in [0.15, 0.2) is 16.3 Å². The van der Waals surface area contributed by atoms with Crippen molar-refractivity contribution < 1.29 is 23.9 Å². The van der Waals surface area contributed by atoms with E-state index in [1.54, 1.807) is 35.9 Å². The highest BCUT2D eigenvalue weighted by molar-refractivity contribution is 7.16. The van der Waals surface area contributed by atoms with E-state index in [4.69, 9.17) is 14.2 Å². The van der Waals surface area contributed by atoms with Crippen LogP contribution in [0, 0.1) is 10.1 Å². The molecule has 0 atom stereocenters. The largest absolute Gasteiger partial charge is 0.454 e. The fourth-order valence-electron chi connectivity index (χ4n) is 2.84. The van der Waals surface area contributed by atoms with Crippen LogP contribution in [-0.2, 0) is 11.3 Å². The normalized spacial score (nSPS) is 13.2. The number of benzene rings is 2. The summed E-state index contributed by atoms with van der Waals surface area (Å²) in [6, 6.07) is 9.45. The minimum absolute atomic E-state index is 0.0230. The third kappa shape index (κ3) is 3.35. The highest BCUT2D eigenvalue weighted by Gasteiger charge is 2.17. The lowest BCUT2D eigenvalue weighted by molar-refractivity contribution is -0.384. The molecule has 28 heavy (non-hydrogen) atoms. The van der Waals surface area contributed by atoms with Gasteiger partial charge in [-0.05, 0) is 24.3 Å². The quantitative estimate of drug-likeness (QED) is 0.481. The average Bonchev–Trinajstić information content (AvgIpc) is 3.29. The molecule has 0 aliphatic carbocycles. The molecule has 2 aromatic carbocycles. The van der Waals surface area contributed by atoms with Crippen LogP contribution in [0.3, 0.4) is 0 Å². The number of carbonyl (C=O) groups is 1. The van der Waals surface area contributed by atoms with Crippen LogP contribution in [0.25, 0.3) is 10.2 Å². The third-order valence-electron chi connectivity index (χ3n) is 4.21. The first-order chi connectivity index (χ1) is 13.6. The molecule has 0 N–H and O–H groups in total. The molecule has 10 heteroatoms. The van der Waals surface area contributed by atoms with E-state index >= 15 is 0 Å². The Balaban J connectivity index is 1.79. The predicted molar refractivity (Wildman–Crippen MR) is 101 cm³/mol. The van der Waals surface area contributed by atoms with Gasteiger partial charge >= 0.3 is 0 Å².